The van der Waals surface area contributed by atoms with Gasteiger partial charge in [-0.05, 0) is 18.6 Å². The maximum absolute atomic E-state index is 12.3. The van der Waals surface area contributed by atoms with Crippen LogP contribution in [-0.2, 0) is 14.8 Å². The van der Waals surface area contributed by atoms with Gasteiger partial charge >= 0.3 is 0 Å². The molecule has 1 amide bonds. The van der Waals surface area contributed by atoms with Crippen LogP contribution in [0.4, 0.5) is 10.8 Å². The molecule has 1 aliphatic rings. The molecule has 9 nitrogen and oxygen atoms in total. The third-order valence-electron chi connectivity index (χ3n) is 4.50. The fraction of sp³-hybridized carbons (Fsp3) is 0.250. The highest BCUT2D eigenvalue weighted by Gasteiger charge is 2.21. The molecule has 0 unspecified atom stereocenters. The summed E-state index contributed by atoms with van der Waals surface area (Å²) in [7, 11) is -3.53. The Morgan fingerprint density at radius 1 is 1.13 bits per heavy atom. The van der Waals surface area contributed by atoms with Crippen LogP contribution in [-0.4, -0.2) is 44.1 Å². The maximum Gasteiger partial charge on any atom is 0.232 e. The quantitative estimate of drug-likeness (QED) is 0.550. The van der Waals surface area contributed by atoms with Crippen molar-refractivity contribution in [1.29, 1.82) is 0 Å². The van der Waals surface area contributed by atoms with Gasteiger partial charge < -0.3 is 14.8 Å². The van der Waals surface area contributed by atoms with Crippen LogP contribution >= 0.6 is 11.3 Å². The summed E-state index contributed by atoms with van der Waals surface area (Å²) in [6, 6.07) is 14.5. The Labute approximate surface area is 183 Å². The van der Waals surface area contributed by atoms with Gasteiger partial charge in [-0.2, -0.15) is 0 Å². The summed E-state index contributed by atoms with van der Waals surface area (Å²) in [6.45, 7) is 0.257. The molecule has 0 saturated carbocycles. The van der Waals surface area contributed by atoms with Gasteiger partial charge in [0.1, 0.15) is 5.01 Å². The van der Waals surface area contributed by atoms with Crippen LogP contribution in [0.25, 0.3) is 10.6 Å². The Balaban J connectivity index is 1.35. The molecule has 0 aliphatic carbocycles. The van der Waals surface area contributed by atoms with Crippen LogP contribution in [0.3, 0.4) is 0 Å². The van der Waals surface area contributed by atoms with E-state index in [0.29, 0.717) is 33.7 Å². The SMILES string of the molecule is CS(=O)(=O)N(CCCC(=O)Nc1nnc(-c2ccccc2)s1)c1ccc2c(c1)OCO2. The van der Waals surface area contributed by atoms with Crippen LogP contribution in [0.2, 0.25) is 0 Å². The molecule has 0 fully saturated rings. The number of ether oxygens (including phenoxy) is 2. The van der Waals surface area contributed by atoms with Crippen molar-refractivity contribution in [3.05, 3.63) is 48.5 Å². The Morgan fingerprint density at radius 2 is 1.90 bits per heavy atom. The molecule has 11 heteroatoms. The van der Waals surface area contributed by atoms with E-state index in [1.165, 1.54) is 15.6 Å². The Bertz CT molecular complexity index is 1180. The lowest BCUT2D eigenvalue weighted by molar-refractivity contribution is -0.116. The van der Waals surface area contributed by atoms with E-state index in [1.807, 2.05) is 30.3 Å². The van der Waals surface area contributed by atoms with Crippen molar-refractivity contribution < 1.29 is 22.7 Å². The lowest BCUT2D eigenvalue weighted by Crippen LogP contribution is -2.31. The summed E-state index contributed by atoms with van der Waals surface area (Å²) >= 11 is 1.28. The molecule has 1 aliphatic heterocycles. The molecule has 0 saturated heterocycles. The predicted octanol–water partition coefficient (Wildman–Crippen LogP) is 3.12. The number of nitrogens with zero attached hydrogens (tertiary/aromatic N) is 3. The molecule has 0 spiro atoms. The molecule has 31 heavy (non-hydrogen) atoms. The first kappa shape index (κ1) is 21.1. The van der Waals surface area contributed by atoms with Crippen molar-refractivity contribution in [2.24, 2.45) is 0 Å². The van der Waals surface area contributed by atoms with Crippen LogP contribution in [0, 0.1) is 0 Å². The van der Waals surface area contributed by atoms with E-state index in [1.54, 1.807) is 18.2 Å². The van der Waals surface area contributed by atoms with Gasteiger partial charge in [-0.25, -0.2) is 8.42 Å². The van der Waals surface area contributed by atoms with Crippen molar-refractivity contribution in [3.63, 3.8) is 0 Å². The molecular formula is C20H20N4O5S2. The molecule has 1 N–H and O–H groups in total. The normalized spacial score (nSPS) is 12.5. The topological polar surface area (TPSA) is 111 Å². The van der Waals surface area contributed by atoms with Gasteiger partial charge in [-0.3, -0.25) is 9.10 Å². The second-order valence-electron chi connectivity index (χ2n) is 6.80. The summed E-state index contributed by atoms with van der Waals surface area (Å²) < 4.78 is 36.4. The average molecular weight is 461 g/mol. The zero-order chi connectivity index (χ0) is 21.8. The number of amides is 1. The number of anilines is 2. The fourth-order valence-corrected chi connectivity index (χ4v) is 4.79. The second-order valence-corrected chi connectivity index (χ2v) is 9.69. The molecular weight excluding hydrogens is 440 g/mol. The summed E-state index contributed by atoms with van der Waals surface area (Å²) in [5, 5.41) is 11.9. The molecule has 0 bridgehead atoms. The maximum atomic E-state index is 12.3. The average Bonchev–Trinajstić information content (AvgIpc) is 3.40. The van der Waals surface area contributed by atoms with Crippen molar-refractivity contribution in [1.82, 2.24) is 10.2 Å². The molecule has 1 aromatic heterocycles. The zero-order valence-corrected chi connectivity index (χ0v) is 18.3. The van der Waals surface area contributed by atoms with Crippen molar-refractivity contribution >= 4 is 38.1 Å². The third-order valence-corrected chi connectivity index (χ3v) is 6.58. The third kappa shape index (κ3) is 5.12. The van der Waals surface area contributed by atoms with Crippen molar-refractivity contribution in [2.45, 2.75) is 12.8 Å². The molecule has 3 aromatic rings. The number of fused-ring (bicyclic) bond motifs is 1. The first-order valence-corrected chi connectivity index (χ1v) is 12.1. The first-order chi connectivity index (χ1) is 14.9. The fourth-order valence-electron chi connectivity index (χ4n) is 3.06. The number of hydrogen-bond donors (Lipinski definition) is 1. The van der Waals surface area contributed by atoms with E-state index < -0.39 is 10.0 Å². The monoisotopic (exact) mass is 460 g/mol. The number of aromatic nitrogens is 2. The molecule has 2 heterocycles. The van der Waals surface area contributed by atoms with E-state index in [-0.39, 0.29) is 25.7 Å². The minimum Gasteiger partial charge on any atom is -0.454 e. The second kappa shape index (κ2) is 8.90. The zero-order valence-electron chi connectivity index (χ0n) is 16.6. The number of benzene rings is 2. The van der Waals surface area contributed by atoms with E-state index in [9.17, 15) is 13.2 Å². The van der Waals surface area contributed by atoms with Gasteiger partial charge in [-0.1, -0.05) is 41.7 Å². The number of nitrogens with one attached hydrogen (secondary N) is 1. The standard InChI is InChI=1S/C20H20N4O5S2/c1-31(26,27)24(15-9-10-16-17(12-15)29-13-28-16)11-5-8-18(25)21-20-23-22-19(30-20)14-6-3-2-4-7-14/h2-4,6-7,9-10,12H,5,8,11,13H2,1H3,(H,21,23,25). The van der Waals surface area contributed by atoms with Crippen LogP contribution in [0.1, 0.15) is 12.8 Å². The number of carbonyl (C=O) groups excluding carboxylic acids is 1. The Hall–Kier alpha value is -3.18. The van der Waals surface area contributed by atoms with E-state index >= 15 is 0 Å². The molecule has 2 aromatic carbocycles. The molecule has 4 rings (SSSR count). The summed E-state index contributed by atoms with van der Waals surface area (Å²) in [5.41, 5.74) is 1.39. The van der Waals surface area contributed by atoms with E-state index in [2.05, 4.69) is 15.5 Å². The van der Waals surface area contributed by atoms with Gasteiger partial charge in [0.2, 0.25) is 27.9 Å². The van der Waals surface area contributed by atoms with Crippen molar-refractivity contribution in [2.75, 3.05) is 29.2 Å². The van der Waals surface area contributed by atoms with Crippen LogP contribution in [0.15, 0.2) is 48.5 Å². The molecule has 0 atom stereocenters. The van der Waals surface area contributed by atoms with Gasteiger partial charge in [0.25, 0.3) is 0 Å². The molecule has 162 valence electrons. The number of rotatable bonds is 8. The first-order valence-electron chi connectivity index (χ1n) is 9.46. The van der Waals surface area contributed by atoms with E-state index in [0.717, 1.165) is 11.8 Å². The van der Waals surface area contributed by atoms with Crippen molar-refractivity contribution in [3.8, 4) is 22.1 Å². The summed E-state index contributed by atoms with van der Waals surface area (Å²) in [4.78, 5) is 12.3. The highest BCUT2D eigenvalue weighted by atomic mass is 32.2. The molecule has 0 radical (unpaired) electrons. The van der Waals surface area contributed by atoms with Gasteiger partial charge in [-0.15, -0.1) is 10.2 Å². The highest BCUT2D eigenvalue weighted by Crippen LogP contribution is 2.36. The minimum atomic E-state index is -3.53. The van der Waals surface area contributed by atoms with Gasteiger partial charge in [0, 0.05) is 24.6 Å². The van der Waals surface area contributed by atoms with Gasteiger partial charge in [0.15, 0.2) is 11.5 Å². The Morgan fingerprint density at radius 3 is 2.68 bits per heavy atom. The minimum absolute atomic E-state index is 0.107. The summed E-state index contributed by atoms with van der Waals surface area (Å²) in [5.74, 6) is 0.813. The summed E-state index contributed by atoms with van der Waals surface area (Å²) in [6.07, 6.45) is 1.60. The Kier molecular flexibility index (Phi) is 6.05. The lowest BCUT2D eigenvalue weighted by atomic mass is 10.2. The number of sulfonamides is 1. The van der Waals surface area contributed by atoms with Crippen LogP contribution in [0.5, 0.6) is 11.5 Å². The predicted molar refractivity (Wildman–Crippen MR) is 118 cm³/mol. The number of carbonyl (C=O) groups is 1. The lowest BCUT2D eigenvalue weighted by Gasteiger charge is -2.22. The van der Waals surface area contributed by atoms with Crippen LogP contribution < -0.4 is 19.1 Å². The van der Waals surface area contributed by atoms with E-state index in [4.69, 9.17) is 9.47 Å². The highest BCUT2D eigenvalue weighted by molar-refractivity contribution is 7.92. The smallest absolute Gasteiger partial charge is 0.232 e. The largest absolute Gasteiger partial charge is 0.454 e. The number of hydrogen-bond acceptors (Lipinski definition) is 8. The van der Waals surface area contributed by atoms with Gasteiger partial charge in [0.05, 0.1) is 11.9 Å².